The molecule has 0 saturated carbocycles. The Bertz CT molecular complexity index is 1370. The number of carbonyl (C=O) groups is 1. The summed E-state index contributed by atoms with van der Waals surface area (Å²) in [6.07, 6.45) is 2.14. The first-order valence-electron chi connectivity index (χ1n) is 12.2. The maximum Gasteiger partial charge on any atom is 0.229 e. The van der Waals surface area contributed by atoms with Crippen LogP contribution in [0.3, 0.4) is 0 Å². The highest BCUT2D eigenvalue weighted by Crippen LogP contribution is 2.31. The number of aryl methyl sites for hydroxylation is 1. The highest BCUT2D eigenvalue weighted by Gasteiger charge is 2.25. The SMILES string of the molecule is COc1ccc(-c2ccc(CN(C(=O)CC(C)(C)C)c3nccc4cc(CO)ccc34)c(C)c2)cc1. The van der Waals surface area contributed by atoms with Crippen LogP contribution in [-0.4, -0.2) is 23.1 Å². The molecule has 0 aliphatic heterocycles. The van der Waals surface area contributed by atoms with Crippen LogP contribution in [0.2, 0.25) is 0 Å². The Hall–Kier alpha value is -3.70. The number of ether oxygens (including phenoxy) is 1. The van der Waals surface area contributed by atoms with Gasteiger partial charge in [0.05, 0.1) is 20.3 Å². The third kappa shape index (κ3) is 5.74. The van der Waals surface area contributed by atoms with Crippen molar-refractivity contribution in [1.82, 2.24) is 4.98 Å². The summed E-state index contributed by atoms with van der Waals surface area (Å²) < 4.78 is 5.28. The van der Waals surface area contributed by atoms with Crippen molar-refractivity contribution < 1.29 is 14.6 Å². The molecule has 3 aromatic carbocycles. The molecule has 1 amide bonds. The highest BCUT2D eigenvalue weighted by atomic mass is 16.5. The minimum atomic E-state index is -0.156. The summed E-state index contributed by atoms with van der Waals surface area (Å²) in [4.78, 5) is 20.1. The Balaban J connectivity index is 1.72. The Labute approximate surface area is 213 Å². The molecule has 186 valence electrons. The topological polar surface area (TPSA) is 62.7 Å². The number of aliphatic hydroxyl groups excluding tert-OH is 1. The van der Waals surface area contributed by atoms with Crippen LogP contribution in [0.15, 0.2) is 72.9 Å². The summed E-state index contributed by atoms with van der Waals surface area (Å²) in [5, 5.41) is 11.4. The second-order valence-corrected chi connectivity index (χ2v) is 10.4. The number of carbonyl (C=O) groups excluding carboxylic acids is 1. The van der Waals surface area contributed by atoms with E-state index in [0.717, 1.165) is 44.3 Å². The zero-order valence-corrected chi connectivity index (χ0v) is 21.7. The first-order valence-corrected chi connectivity index (χ1v) is 12.2. The van der Waals surface area contributed by atoms with E-state index in [2.05, 4.69) is 50.9 Å². The molecule has 4 aromatic rings. The van der Waals surface area contributed by atoms with Gasteiger partial charge in [-0.2, -0.15) is 0 Å². The fourth-order valence-electron chi connectivity index (χ4n) is 4.36. The van der Waals surface area contributed by atoms with Crippen molar-refractivity contribution in [2.45, 2.75) is 47.3 Å². The second-order valence-electron chi connectivity index (χ2n) is 10.4. The second kappa shape index (κ2) is 10.5. The van der Waals surface area contributed by atoms with Gasteiger partial charge >= 0.3 is 0 Å². The molecule has 5 nitrogen and oxygen atoms in total. The van der Waals surface area contributed by atoms with E-state index >= 15 is 0 Å². The number of pyridine rings is 1. The molecule has 36 heavy (non-hydrogen) atoms. The molecule has 0 bridgehead atoms. The molecule has 1 heterocycles. The molecular formula is C31H34N2O3. The molecule has 1 N–H and O–H groups in total. The molecule has 0 aliphatic rings. The van der Waals surface area contributed by atoms with Crippen molar-refractivity contribution in [3.05, 3.63) is 89.6 Å². The number of hydrogen-bond donors (Lipinski definition) is 1. The molecule has 0 aliphatic carbocycles. The van der Waals surface area contributed by atoms with Gasteiger partial charge < -0.3 is 9.84 Å². The van der Waals surface area contributed by atoms with E-state index in [1.54, 1.807) is 13.3 Å². The number of aliphatic hydroxyl groups is 1. The van der Waals surface area contributed by atoms with Crippen LogP contribution in [0.25, 0.3) is 21.9 Å². The number of methoxy groups -OCH3 is 1. The van der Waals surface area contributed by atoms with E-state index in [9.17, 15) is 9.90 Å². The molecule has 0 unspecified atom stereocenters. The van der Waals surface area contributed by atoms with Crippen molar-refractivity contribution in [3.8, 4) is 16.9 Å². The number of anilines is 1. The number of amides is 1. The number of nitrogens with zero attached hydrogens (tertiary/aromatic N) is 2. The normalized spacial score (nSPS) is 11.5. The van der Waals surface area contributed by atoms with Crippen LogP contribution in [0.4, 0.5) is 5.82 Å². The Morgan fingerprint density at radius 1 is 0.972 bits per heavy atom. The van der Waals surface area contributed by atoms with Gasteiger partial charge in [0, 0.05) is 18.0 Å². The molecule has 0 radical (unpaired) electrons. The molecule has 1 aromatic heterocycles. The van der Waals surface area contributed by atoms with Gasteiger partial charge in [-0.25, -0.2) is 4.98 Å². The average Bonchev–Trinajstić information content (AvgIpc) is 2.86. The number of hydrogen-bond acceptors (Lipinski definition) is 4. The average molecular weight is 483 g/mol. The van der Waals surface area contributed by atoms with Crippen LogP contribution in [-0.2, 0) is 17.9 Å². The van der Waals surface area contributed by atoms with Crippen LogP contribution in [0.5, 0.6) is 5.75 Å². The molecule has 0 fully saturated rings. The van der Waals surface area contributed by atoms with Crippen LogP contribution >= 0.6 is 0 Å². The molecule has 0 spiro atoms. The fraction of sp³-hybridized carbons (Fsp3) is 0.290. The lowest BCUT2D eigenvalue weighted by Crippen LogP contribution is -2.34. The number of aromatic nitrogens is 1. The maximum atomic E-state index is 13.6. The van der Waals surface area contributed by atoms with E-state index < -0.39 is 0 Å². The first-order chi connectivity index (χ1) is 17.2. The minimum Gasteiger partial charge on any atom is -0.497 e. The smallest absolute Gasteiger partial charge is 0.229 e. The quantitative estimate of drug-likeness (QED) is 0.319. The van der Waals surface area contributed by atoms with E-state index in [4.69, 9.17) is 4.74 Å². The van der Waals surface area contributed by atoms with E-state index in [1.165, 1.54) is 0 Å². The predicted molar refractivity (Wildman–Crippen MR) is 146 cm³/mol. The summed E-state index contributed by atoms with van der Waals surface area (Å²) in [6.45, 7) is 8.70. The largest absolute Gasteiger partial charge is 0.497 e. The van der Waals surface area contributed by atoms with Crippen molar-refractivity contribution in [2.24, 2.45) is 5.41 Å². The zero-order valence-electron chi connectivity index (χ0n) is 21.7. The lowest BCUT2D eigenvalue weighted by molar-refractivity contribution is -0.120. The third-order valence-corrected chi connectivity index (χ3v) is 6.32. The highest BCUT2D eigenvalue weighted by molar-refractivity contribution is 6.02. The Morgan fingerprint density at radius 2 is 1.69 bits per heavy atom. The predicted octanol–water partition coefficient (Wildman–Crippen LogP) is 6.68. The number of benzene rings is 3. The van der Waals surface area contributed by atoms with Gasteiger partial charge in [0.15, 0.2) is 0 Å². The summed E-state index contributed by atoms with van der Waals surface area (Å²) >= 11 is 0. The Kier molecular flexibility index (Phi) is 7.41. The maximum absolute atomic E-state index is 13.6. The monoisotopic (exact) mass is 482 g/mol. The van der Waals surface area contributed by atoms with Crippen LogP contribution in [0, 0.1) is 12.3 Å². The lowest BCUT2D eigenvalue weighted by Gasteiger charge is -2.28. The van der Waals surface area contributed by atoms with Gasteiger partial charge in [0.2, 0.25) is 5.91 Å². The van der Waals surface area contributed by atoms with E-state index in [1.807, 2.05) is 53.4 Å². The fourth-order valence-corrected chi connectivity index (χ4v) is 4.36. The Morgan fingerprint density at radius 3 is 2.33 bits per heavy atom. The number of fused-ring (bicyclic) bond motifs is 1. The summed E-state index contributed by atoms with van der Waals surface area (Å²) in [5.41, 5.74) is 5.09. The molecule has 5 heteroatoms. The van der Waals surface area contributed by atoms with E-state index in [-0.39, 0.29) is 17.9 Å². The third-order valence-electron chi connectivity index (χ3n) is 6.32. The van der Waals surface area contributed by atoms with Gasteiger partial charge in [-0.15, -0.1) is 0 Å². The lowest BCUT2D eigenvalue weighted by atomic mass is 9.91. The van der Waals surface area contributed by atoms with Gasteiger partial charge in [-0.05, 0) is 69.8 Å². The minimum absolute atomic E-state index is 0.0278. The van der Waals surface area contributed by atoms with Gasteiger partial charge in [-0.1, -0.05) is 63.2 Å². The molecular weight excluding hydrogens is 448 g/mol. The van der Waals surface area contributed by atoms with Crippen LogP contribution < -0.4 is 9.64 Å². The van der Waals surface area contributed by atoms with Gasteiger partial charge in [-0.3, -0.25) is 9.69 Å². The standard InChI is InChI=1S/C31H34N2O3/c1-21-16-24(23-9-11-27(36-5)12-10-23)7-8-26(21)19-33(29(35)18-31(2,3)4)30-28-13-6-22(20-34)17-25(28)14-15-32-30/h6-17,34H,18-20H2,1-5H3. The van der Waals surface area contributed by atoms with Gasteiger partial charge in [0.25, 0.3) is 0 Å². The van der Waals surface area contributed by atoms with Gasteiger partial charge in [0.1, 0.15) is 11.6 Å². The molecule has 0 saturated heterocycles. The molecule has 4 rings (SSSR count). The summed E-state index contributed by atoms with van der Waals surface area (Å²) in [5.74, 6) is 1.51. The number of rotatable bonds is 7. The van der Waals surface area contributed by atoms with Crippen molar-refractivity contribution in [3.63, 3.8) is 0 Å². The zero-order chi connectivity index (χ0) is 25.9. The van der Waals surface area contributed by atoms with Crippen molar-refractivity contribution in [1.29, 1.82) is 0 Å². The summed E-state index contributed by atoms with van der Waals surface area (Å²) in [7, 11) is 1.66. The van der Waals surface area contributed by atoms with Crippen molar-refractivity contribution >= 4 is 22.5 Å². The molecule has 0 atom stereocenters. The van der Waals surface area contributed by atoms with Crippen LogP contribution in [0.1, 0.15) is 43.9 Å². The van der Waals surface area contributed by atoms with Crippen molar-refractivity contribution in [2.75, 3.05) is 12.0 Å². The van der Waals surface area contributed by atoms with E-state index in [0.29, 0.717) is 18.8 Å². The first kappa shape index (κ1) is 25.4. The summed E-state index contributed by atoms with van der Waals surface area (Å²) in [6, 6.07) is 22.1.